The lowest BCUT2D eigenvalue weighted by molar-refractivity contribution is 0.0760. The molecular formula is C28H31N5O2. The molecule has 1 N–H and O–H groups in total. The van der Waals surface area contributed by atoms with Gasteiger partial charge in [0.15, 0.2) is 0 Å². The average molecular weight is 470 g/mol. The molecule has 1 atom stereocenters. The van der Waals surface area contributed by atoms with Gasteiger partial charge >= 0.3 is 0 Å². The molecule has 5 rings (SSSR count). The SMILES string of the molecule is COc1ccc(C(=O)N2CCC[C@H](Cc3cccc4nccn34)CC2)cc1NCc1cccnc1. The summed E-state index contributed by atoms with van der Waals surface area (Å²) in [6.45, 7) is 2.17. The van der Waals surface area contributed by atoms with E-state index in [1.807, 2.05) is 59.9 Å². The second kappa shape index (κ2) is 10.6. The van der Waals surface area contributed by atoms with Crippen molar-refractivity contribution < 1.29 is 9.53 Å². The molecule has 35 heavy (non-hydrogen) atoms. The van der Waals surface area contributed by atoms with Gasteiger partial charge in [-0.3, -0.25) is 9.78 Å². The lowest BCUT2D eigenvalue weighted by Crippen LogP contribution is -2.32. The molecule has 7 nitrogen and oxygen atoms in total. The summed E-state index contributed by atoms with van der Waals surface area (Å²) in [7, 11) is 1.64. The number of amides is 1. The number of carbonyl (C=O) groups is 1. The molecule has 1 fully saturated rings. The first kappa shape index (κ1) is 22.9. The van der Waals surface area contributed by atoms with Crippen molar-refractivity contribution in [2.24, 2.45) is 5.92 Å². The molecule has 0 radical (unpaired) electrons. The highest BCUT2D eigenvalue weighted by molar-refractivity contribution is 5.95. The van der Waals surface area contributed by atoms with Crippen LogP contribution in [0.25, 0.3) is 5.65 Å². The molecule has 180 valence electrons. The number of imidazole rings is 1. The lowest BCUT2D eigenvalue weighted by Gasteiger charge is -2.22. The second-order valence-corrected chi connectivity index (χ2v) is 9.10. The van der Waals surface area contributed by atoms with E-state index in [0.717, 1.165) is 61.4 Å². The van der Waals surface area contributed by atoms with Gasteiger partial charge in [0.1, 0.15) is 11.4 Å². The predicted molar refractivity (Wildman–Crippen MR) is 137 cm³/mol. The number of anilines is 1. The minimum absolute atomic E-state index is 0.0782. The summed E-state index contributed by atoms with van der Waals surface area (Å²) in [5.74, 6) is 1.35. The van der Waals surface area contributed by atoms with E-state index in [2.05, 4.69) is 31.8 Å². The van der Waals surface area contributed by atoms with E-state index in [9.17, 15) is 4.79 Å². The average Bonchev–Trinajstić information content (AvgIpc) is 3.27. The molecule has 1 amide bonds. The number of carbonyl (C=O) groups excluding carboxylic acids is 1. The Bertz CT molecular complexity index is 1290. The highest BCUT2D eigenvalue weighted by Crippen LogP contribution is 2.28. The number of ether oxygens (including phenoxy) is 1. The quantitative estimate of drug-likeness (QED) is 0.420. The van der Waals surface area contributed by atoms with Gasteiger partial charge in [0.25, 0.3) is 5.91 Å². The molecule has 0 saturated carbocycles. The Balaban J connectivity index is 1.24. The van der Waals surface area contributed by atoms with Crippen LogP contribution in [0.1, 0.15) is 40.9 Å². The van der Waals surface area contributed by atoms with Crippen molar-refractivity contribution in [2.45, 2.75) is 32.2 Å². The van der Waals surface area contributed by atoms with E-state index in [-0.39, 0.29) is 5.91 Å². The van der Waals surface area contributed by atoms with Gasteiger partial charge in [-0.05, 0) is 73.6 Å². The highest BCUT2D eigenvalue weighted by Gasteiger charge is 2.23. The number of likely N-dealkylation sites (tertiary alicyclic amines) is 1. The smallest absolute Gasteiger partial charge is 0.253 e. The van der Waals surface area contributed by atoms with E-state index in [1.165, 1.54) is 5.69 Å². The predicted octanol–water partition coefficient (Wildman–Crippen LogP) is 4.84. The molecule has 1 saturated heterocycles. The van der Waals surface area contributed by atoms with E-state index in [4.69, 9.17) is 4.74 Å². The van der Waals surface area contributed by atoms with E-state index in [0.29, 0.717) is 18.0 Å². The normalized spacial score (nSPS) is 16.1. The zero-order chi connectivity index (χ0) is 24.0. The fourth-order valence-corrected chi connectivity index (χ4v) is 4.90. The van der Waals surface area contributed by atoms with Gasteiger partial charge in [0, 0.05) is 55.7 Å². The van der Waals surface area contributed by atoms with E-state index in [1.54, 1.807) is 13.3 Å². The first-order chi connectivity index (χ1) is 17.2. The molecule has 0 aliphatic carbocycles. The van der Waals surface area contributed by atoms with Crippen LogP contribution in [0.5, 0.6) is 5.75 Å². The van der Waals surface area contributed by atoms with E-state index >= 15 is 0 Å². The largest absolute Gasteiger partial charge is 0.495 e. The molecular weight excluding hydrogens is 438 g/mol. The number of hydrogen-bond donors (Lipinski definition) is 1. The molecule has 3 aromatic heterocycles. The third-order valence-corrected chi connectivity index (χ3v) is 6.80. The zero-order valence-corrected chi connectivity index (χ0v) is 20.1. The first-order valence-corrected chi connectivity index (χ1v) is 12.2. The summed E-state index contributed by atoms with van der Waals surface area (Å²) in [5, 5.41) is 3.39. The number of methoxy groups -OCH3 is 1. The fourth-order valence-electron chi connectivity index (χ4n) is 4.90. The van der Waals surface area contributed by atoms with Gasteiger partial charge in [0.05, 0.1) is 12.8 Å². The van der Waals surface area contributed by atoms with Crippen LogP contribution in [0.4, 0.5) is 5.69 Å². The van der Waals surface area contributed by atoms with Crippen molar-refractivity contribution in [3.05, 3.63) is 90.1 Å². The van der Waals surface area contributed by atoms with E-state index < -0.39 is 0 Å². The maximum atomic E-state index is 13.4. The summed E-state index contributed by atoms with van der Waals surface area (Å²) in [4.78, 5) is 24.0. The summed E-state index contributed by atoms with van der Waals surface area (Å²) >= 11 is 0. The monoisotopic (exact) mass is 469 g/mol. The summed E-state index contributed by atoms with van der Waals surface area (Å²) in [5.41, 5.74) is 4.82. The van der Waals surface area contributed by atoms with Crippen molar-refractivity contribution >= 4 is 17.2 Å². The van der Waals surface area contributed by atoms with Crippen LogP contribution >= 0.6 is 0 Å². The van der Waals surface area contributed by atoms with Crippen LogP contribution in [-0.2, 0) is 13.0 Å². The number of fused-ring (bicyclic) bond motifs is 1. The van der Waals surface area contributed by atoms with Gasteiger partial charge in [0.2, 0.25) is 0 Å². The summed E-state index contributed by atoms with van der Waals surface area (Å²) in [6, 6.07) is 15.8. The molecule has 0 bridgehead atoms. The number of rotatable bonds is 7. The van der Waals surface area contributed by atoms with Crippen molar-refractivity contribution in [3.63, 3.8) is 0 Å². The molecule has 4 heterocycles. The second-order valence-electron chi connectivity index (χ2n) is 9.10. The van der Waals surface area contributed by atoms with Gasteiger partial charge in [-0.25, -0.2) is 4.98 Å². The Labute approximate surface area is 205 Å². The third kappa shape index (κ3) is 5.29. The maximum absolute atomic E-state index is 13.4. The van der Waals surface area contributed by atoms with Crippen molar-refractivity contribution in [1.29, 1.82) is 0 Å². The Morgan fingerprint density at radius 2 is 2.06 bits per heavy atom. The molecule has 1 aliphatic heterocycles. The third-order valence-electron chi connectivity index (χ3n) is 6.80. The number of benzene rings is 1. The van der Waals surface area contributed by atoms with Crippen molar-refractivity contribution in [2.75, 3.05) is 25.5 Å². The number of nitrogens with one attached hydrogen (secondary N) is 1. The molecule has 0 spiro atoms. The number of hydrogen-bond acceptors (Lipinski definition) is 5. The number of aromatic nitrogens is 3. The van der Waals surface area contributed by atoms with Gasteiger partial charge < -0.3 is 19.4 Å². The standard InChI is InChI=1S/C28H31N5O2/c1-35-26-10-9-23(18-25(26)31-20-22-5-3-12-29-19-22)28(34)32-14-4-6-21(11-15-32)17-24-7-2-8-27-30-13-16-33(24)27/h2-3,5,7-10,12-13,16,18-19,21,31H,4,6,11,14-15,17,20H2,1H3/t21-/m0/s1. The molecule has 1 aromatic carbocycles. The topological polar surface area (TPSA) is 71.8 Å². The lowest BCUT2D eigenvalue weighted by atomic mass is 9.95. The maximum Gasteiger partial charge on any atom is 0.253 e. The molecule has 1 aliphatic rings. The van der Waals surface area contributed by atoms with Crippen molar-refractivity contribution in [1.82, 2.24) is 19.3 Å². The van der Waals surface area contributed by atoms with Gasteiger partial charge in [-0.1, -0.05) is 12.1 Å². The highest BCUT2D eigenvalue weighted by atomic mass is 16.5. The van der Waals surface area contributed by atoms with Crippen LogP contribution in [0, 0.1) is 5.92 Å². The minimum Gasteiger partial charge on any atom is -0.495 e. The molecule has 4 aromatic rings. The van der Waals surface area contributed by atoms with Crippen LogP contribution in [0.2, 0.25) is 0 Å². The molecule has 7 heteroatoms. The van der Waals surface area contributed by atoms with Crippen LogP contribution < -0.4 is 10.1 Å². The minimum atomic E-state index is 0.0782. The Hall–Kier alpha value is -3.87. The van der Waals surface area contributed by atoms with Crippen LogP contribution in [0.3, 0.4) is 0 Å². The number of nitrogens with zero attached hydrogens (tertiary/aromatic N) is 4. The van der Waals surface area contributed by atoms with Gasteiger partial charge in [-0.2, -0.15) is 0 Å². The van der Waals surface area contributed by atoms with Crippen LogP contribution in [0.15, 0.2) is 73.3 Å². The van der Waals surface area contributed by atoms with Gasteiger partial charge in [-0.15, -0.1) is 0 Å². The Morgan fingerprint density at radius 1 is 1.11 bits per heavy atom. The molecule has 0 unspecified atom stereocenters. The summed E-state index contributed by atoms with van der Waals surface area (Å²) in [6.07, 6.45) is 11.6. The fraction of sp³-hybridized carbons (Fsp3) is 0.321. The zero-order valence-electron chi connectivity index (χ0n) is 20.1. The van der Waals surface area contributed by atoms with Crippen molar-refractivity contribution in [3.8, 4) is 5.75 Å². The number of pyridine rings is 2. The van der Waals surface area contributed by atoms with Crippen LogP contribution in [-0.4, -0.2) is 45.4 Å². The first-order valence-electron chi connectivity index (χ1n) is 12.2. The summed E-state index contributed by atoms with van der Waals surface area (Å²) < 4.78 is 7.69. The Morgan fingerprint density at radius 3 is 2.91 bits per heavy atom. The Kier molecular flexibility index (Phi) is 6.93.